The Morgan fingerprint density at radius 3 is 2.90 bits per heavy atom. The van der Waals surface area contributed by atoms with Gasteiger partial charge in [0.25, 0.3) is 0 Å². The Hall–Kier alpha value is -2.49. The number of ether oxygens (including phenoxy) is 2. The second-order valence-electron chi connectivity index (χ2n) is 5.03. The van der Waals surface area contributed by atoms with Crippen LogP contribution in [0.3, 0.4) is 0 Å². The Kier molecular flexibility index (Phi) is 3.52. The number of carbonyl (C=O) groups is 1. The van der Waals surface area contributed by atoms with E-state index in [1.807, 2.05) is 12.1 Å². The summed E-state index contributed by atoms with van der Waals surface area (Å²) in [5.74, 6) is 1.17. The summed E-state index contributed by atoms with van der Waals surface area (Å²) in [6.45, 7) is 0.644. The van der Waals surface area contributed by atoms with E-state index in [9.17, 15) is 4.79 Å². The first-order chi connectivity index (χ1) is 10.2. The van der Waals surface area contributed by atoms with Crippen LogP contribution in [0.1, 0.15) is 27.9 Å². The minimum Gasteiger partial charge on any atom is -0.497 e. The molecule has 2 aromatic rings. The Morgan fingerprint density at radius 1 is 1.24 bits per heavy atom. The molecule has 0 bridgehead atoms. The molecule has 1 aliphatic rings. The summed E-state index contributed by atoms with van der Waals surface area (Å²) in [5.41, 5.74) is 8.46. The molecule has 0 fully saturated rings. The zero-order chi connectivity index (χ0) is 14.8. The maximum Gasteiger partial charge on any atom is 0.198 e. The van der Waals surface area contributed by atoms with Crippen molar-refractivity contribution in [2.24, 2.45) is 0 Å². The molecule has 0 aromatic heterocycles. The lowest BCUT2D eigenvalue weighted by Crippen LogP contribution is -2.14. The maximum absolute atomic E-state index is 12.8. The SMILES string of the molecule is COc1ccc(N)c(C(=O)c2cccc3c2OCCC3)c1. The van der Waals surface area contributed by atoms with Crippen LogP contribution in [0.25, 0.3) is 0 Å². The molecular formula is C17H17NO3. The number of methoxy groups -OCH3 is 1. The molecule has 2 N–H and O–H groups in total. The quantitative estimate of drug-likeness (QED) is 0.695. The van der Waals surface area contributed by atoms with E-state index in [1.54, 1.807) is 31.4 Å². The number of aryl methyl sites for hydroxylation is 1. The van der Waals surface area contributed by atoms with Crippen molar-refractivity contribution >= 4 is 11.5 Å². The molecule has 0 amide bonds. The van der Waals surface area contributed by atoms with E-state index in [1.165, 1.54) is 0 Å². The lowest BCUT2D eigenvalue weighted by Gasteiger charge is -2.20. The van der Waals surface area contributed by atoms with Crippen LogP contribution in [0, 0.1) is 0 Å². The van der Waals surface area contributed by atoms with Gasteiger partial charge in [-0.05, 0) is 42.7 Å². The van der Waals surface area contributed by atoms with E-state index in [-0.39, 0.29) is 5.78 Å². The third-order valence-corrected chi connectivity index (χ3v) is 3.68. The van der Waals surface area contributed by atoms with Crippen molar-refractivity contribution in [3.8, 4) is 11.5 Å². The molecule has 2 aromatic carbocycles. The van der Waals surface area contributed by atoms with Gasteiger partial charge in [0.2, 0.25) is 0 Å². The van der Waals surface area contributed by atoms with Crippen LogP contribution in [0.4, 0.5) is 5.69 Å². The number of benzene rings is 2. The smallest absolute Gasteiger partial charge is 0.198 e. The van der Waals surface area contributed by atoms with Gasteiger partial charge < -0.3 is 15.2 Å². The number of rotatable bonds is 3. The van der Waals surface area contributed by atoms with Gasteiger partial charge in [0.15, 0.2) is 5.78 Å². The van der Waals surface area contributed by atoms with Gasteiger partial charge in [-0.15, -0.1) is 0 Å². The zero-order valence-electron chi connectivity index (χ0n) is 11.9. The average Bonchev–Trinajstić information content (AvgIpc) is 2.54. The number of hydrogen-bond acceptors (Lipinski definition) is 4. The minimum absolute atomic E-state index is 0.134. The number of nitrogens with two attached hydrogens (primary N) is 1. The van der Waals surface area contributed by atoms with Crippen molar-refractivity contribution in [3.63, 3.8) is 0 Å². The third kappa shape index (κ3) is 2.44. The summed E-state index contributed by atoms with van der Waals surface area (Å²) in [5, 5.41) is 0. The fourth-order valence-corrected chi connectivity index (χ4v) is 2.57. The summed E-state index contributed by atoms with van der Waals surface area (Å²) >= 11 is 0. The highest BCUT2D eigenvalue weighted by atomic mass is 16.5. The first kappa shape index (κ1) is 13.5. The maximum atomic E-state index is 12.8. The number of ketones is 1. The summed E-state index contributed by atoms with van der Waals surface area (Å²) < 4.78 is 10.9. The Labute approximate surface area is 123 Å². The van der Waals surface area contributed by atoms with Crippen molar-refractivity contribution in [2.45, 2.75) is 12.8 Å². The zero-order valence-corrected chi connectivity index (χ0v) is 11.9. The van der Waals surface area contributed by atoms with Crippen LogP contribution in [0.2, 0.25) is 0 Å². The fourth-order valence-electron chi connectivity index (χ4n) is 2.57. The van der Waals surface area contributed by atoms with Crippen LogP contribution in [0.5, 0.6) is 11.5 Å². The molecular weight excluding hydrogens is 266 g/mol. The summed E-state index contributed by atoms with van der Waals surface area (Å²) in [6, 6.07) is 10.8. The second kappa shape index (κ2) is 5.48. The van der Waals surface area contributed by atoms with E-state index in [4.69, 9.17) is 15.2 Å². The van der Waals surface area contributed by atoms with E-state index in [2.05, 4.69) is 0 Å². The molecule has 108 valence electrons. The molecule has 1 aliphatic heterocycles. The molecule has 3 rings (SSSR count). The van der Waals surface area contributed by atoms with E-state index in [0.29, 0.717) is 34.9 Å². The number of carbonyl (C=O) groups excluding carboxylic acids is 1. The monoisotopic (exact) mass is 283 g/mol. The van der Waals surface area contributed by atoms with Crippen LogP contribution in [0.15, 0.2) is 36.4 Å². The summed E-state index contributed by atoms with van der Waals surface area (Å²) in [4.78, 5) is 12.8. The standard InChI is InChI=1S/C17H17NO3/c1-20-12-7-8-15(18)14(10-12)16(19)13-6-2-4-11-5-3-9-21-17(11)13/h2,4,6-8,10H,3,5,9,18H2,1H3. The number of fused-ring (bicyclic) bond motifs is 1. The molecule has 0 saturated heterocycles. The third-order valence-electron chi connectivity index (χ3n) is 3.68. The lowest BCUT2D eigenvalue weighted by atomic mass is 9.96. The molecule has 0 saturated carbocycles. The van der Waals surface area contributed by atoms with Gasteiger partial charge in [-0.1, -0.05) is 12.1 Å². The predicted octanol–water partition coefficient (Wildman–Crippen LogP) is 2.83. The number of anilines is 1. The molecule has 1 heterocycles. The molecule has 21 heavy (non-hydrogen) atoms. The Morgan fingerprint density at radius 2 is 2.10 bits per heavy atom. The van der Waals surface area contributed by atoms with Gasteiger partial charge in [-0.3, -0.25) is 4.79 Å². The van der Waals surface area contributed by atoms with Crippen molar-refractivity contribution in [3.05, 3.63) is 53.1 Å². The first-order valence-electron chi connectivity index (χ1n) is 6.93. The Bertz CT molecular complexity index is 694. The summed E-state index contributed by atoms with van der Waals surface area (Å²) in [7, 11) is 1.56. The molecule has 0 radical (unpaired) electrons. The largest absolute Gasteiger partial charge is 0.497 e. The van der Waals surface area contributed by atoms with Crippen LogP contribution < -0.4 is 15.2 Å². The lowest BCUT2D eigenvalue weighted by molar-refractivity contribution is 0.103. The molecule has 0 atom stereocenters. The highest BCUT2D eigenvalue weighted by Gasteiger charge is 2.21. The molecule has 0 spiro atoms. The van der Waals surface area contributed by atoms with Gasteiger partial charge in [0.1, 0.15) is 11.5 Å². The Balaban J connectivity index is 2.07. The number of hydrogen-bond donors (Lipinski definition) is 1. The fraction of sp³-hybridized carbons (Fsp3) is 0.235. The van der Waals surface area contributed by atoms with Crippen molar-refractivity contribution in [1.29, 1.82) is 0 Å². The predicted molar refractivity (Wildman–Crippen MR) is 81.1 cm³/mol. The van der Waals surface area contributed by atoms with Gasteiger partial charge >= 0.3 is 0 Å². The number of para-hydroxylation sites is 1. The second-order valence-corrected chi connectivity index (χ2v) is 5.03. The van der Waals surface area contributed by atoms with Crippen molar-refractivity contribution in [1.82, 2.24) is 0 Å². The molecule has 4 heteroatoms. The molecule has 0 unspecified atom stereocenters. The van der Waals surface area contributed by atoms with E-state index < -0.39 is 0 Å². The van der Waals surface area contributed by atoms with Crippen molar-refractivity contribution in [2.75, 3.05) is 19.5 Å². The van der Waals surface area contributed by atoms with Crippen LogP contribution >= 0.6 is 0 Å². The molecule has 0 aliphatic carbocycles. The van der Waals surface area contributed by atoms with Gasteiger partial charge in [-0.25, -0.2) is 0 Å². The average molecular weight is 283 g/mol. The molecule has 4 nitrogen and oxygen atoms in total. The normalized spacial score (nSPS) is 13.2. The van der Waals surface area contributed by atoms with E-state index >= 15 is 0 Å². The van der Waals surface area contributed by atoms with Crippen LogP contribution in [-0.2, 0) is 6.42 Å². The van der Waals surface area contributed by atoms with Gasteiger partial charge in [-0.2, -0.15) is 0 Å². The number of nitrogen functional groups attached to an aromatic ring is 1. The minimum atomic E-state index is -0.134. The summed E-state index contributed by atoms with van der Waals surface area (Å²) in [6.07, 6.45) is 1.91. The van der Waals surface area contributed by atoms with Gasteiger partial charge in [0.05, 0.1) is 19.3 Å². The first-order valence-corrected chi connectivity index (χ1v) is 6.93. The van der Waals surface area contributed by atoms with E-state index in [0.717, 1.165) is 18.4 Å². The highest BCUT2D eigenvalue weighted by Crippen LogP contribution is 2.32. The topological polar surface area (TPSA) is 61.5 Å². The van der Waals surface area contributed by atoms with Crippen molar-refractivity contribution < 1.29 is 14.3 Å². The van der Waals surface area contributed by atoms with Crippen LogP contribution in [-0.4, -0.2) is 19.5 Å². The highest BCUT2D eigenvalue weighted by molar-refractivity contribution is 6.14. The van der Waals surface area contributed by atoms with Gasteiger partial charge in [0, 0.05) is 11.3 Å².